The fourth-order valence-electron chi connectivity index (χ4n) is 3.23. The van der Waals surface area contributed by atoms with Crippen molar-refractivity contribution in [3.63, 3.8) is 0 Å². The SMILES string of the molecule is CCC(C)C1CN(CCOC)C(C)(c2ccccc2)CN1. The third-order valence-electron chi connectivity index (χ3n) is 5.12. The highest BCUT2D eigenvalue weighted by molar-refractivity contribution is 5.25. The number of nitrogens with zero attached hydrogens (tertiary/aromatic N) is 1. The van der Waals surface area contributed by atoms with Crippen LogP contribution in [-0.4, -0.2) is 44.3 Å². The van der Waals surface area contributed by atoms with Crippen LogP contribution in [0.5, 0.6) is 0 Å². The van der Waals surface area contributed by atoms with Crippen LogP contribution in [0.4, 0.5) is 0 Å². The molecule has 1 aliphatic rings. The zero-order valence-corrected chi connectivity index (χ0v) is 13.9. The van der Waals surface area contributed by atoms with Gasteiger partial charge >= 0.3 is 0 Å². The first-order valence-electron chi connectivity index (χ1n) is 8.14. The quantitative estimate of drug-likeness (QED) is 0.872. The van der Waals surface area contributed by atoms with Crippen molar-refractivity contribution in [2.45, 2.75) is 38.8 Å². The normalized spacial score (nSPS) is 28.5. The van der Waals surface area contributed by atoms with Crippen LogP contribution < -0.4 is 5.32 Å². The first-order valence-corrected chi connectivity index (χ1v) is 8.14. The van der Waals surface area contributed by atoms with E-state index in [1.807, 2.05) is 0 Å². The van der Waals surface area contributed by atoms with Crippen molar-refractivity contribution >= 4 is 0 Å². The summed E-state index contributed by atoms with van der Waals surface area (Å²) in [7, 11) is 1.79. The molecular weight excluding hydrogens is 260 g/mol. The molecule has 0 aromatic heterocycles. The second-order valence-electron chi connectivity index (χ2n) is 6.45. The molecule has 1 aromatic carbocycles. The van der Waals surface area contributed by atoms with E-state index in [9.17, 15) is 0 Å². The summed E-state index contributed by atoms with van der Waals surface area (Å²) in [6.07, 6.45) is 1.22. The molecule has 3 atom stereocenters. The Hall–Kier alpha value is -0.900. The van der Waals surface area contributed by atoms with Gasteiger partial charge in [0.2, 0.25) is 0 Å². The molecule has 1 aliphatic heterocycles. The van der Waals surface area contributed by atoms with E-state index >= 15 is 0 Å². The molecule has 118 valence electrons. The number of methoxy groups -OCH3 is 1. The van der Waals surface area contributed by atoms with Gasteiger partial charge < -0.3 is 10.1 Å². The van der Waals surface area contributed by atoms with Gasteiger partial charge in [-0.1, -0.05) is 50.6 Å². The van der Waals surface area contributed by atoms with E-state index in [0.717, 1.165) is 26.2 Å². The Labute approximate surface area is 129 Å². The van der Waals surface area contributed by atoms with E-state index in [1.165, 1.54) is 12.0 Å². The lowest BCUT2D eigenvalue weighted by atomic mass is 9.84. The molecule has 0 radical (unpaired) electrons. The summed E-state index contributed by atoms with van der Waals surface area (Å²) in [5.41, 5.74) is 1.43. The van der Waals surface area contributed by atoms with Crippen molar-refractivity contribution in [3.8, 4) is 0 Å². The third-order valence-corrected chi connectivity index (χ3v) is 5.12. The van der Waals surface area contributed by atoms with Crippen LogP contribution in [-0.2, 0) is 10.3 Å². The van der Waals surface area contributed by atoms with Crippen LogP contribution in [0.3, 0.4) is 0 Å². The highest BCUT2D eigenvalue weighted by Gasteiger charge is 2.39. The van der Waals surface area contributed by atoms with E-state index in [4.69, 9.17) is 4.74 Å². The maximum Gasteiger partial charge on any atom is 0.0590 e. The van der Waals surface area contributed by atoms with Crippen molar-refractivity contribution in [3.05, 3.63) is 35.9 Å². The Bertz CT molecular complexity index is 422. The van der Waals surface area contributed by atoms with Crippen LogP contribution in [0.1, 0.15) is 32.8 Å². The predicted octanol–water partition coefficient (Wildman–Crippen LogP) is 2.87. The summed E-state index contributed by atoms with van der Waals surface area (Å²) in [6, 6.07) is 11.4. The van der Waals surface area contributed by atoms with Gasteiger partial charge in [0.15, 0.2) is 0 Å². The third kappa shape index (κ3) is 3.65. The number of hydrogen-bond acceptors (Lipinski definition) is 3. The summed E-state index contributed by atoms with van der Waals surface area (Å²) in [6.45, 7) is 10.8. The second kappa shape index (κ2) is 7.39. The smallest absolute Gasteiger partial charge is 0.0590 e. The molecule has 0 saturated carbocycles. The molecular formula is C18H30N2O. The number of benzene rings is 1. The standard InChI is InChI=1S/C18H30N2O/c1-5-15(2)17-13-20(11-12-21-4)18(3,14-19-17)16-9-7-6-8-10-16/h6-10,15,17,19H,5,11-14H2,1-4H3. The molecule has 0 spiro atoms. The van der Waals surface area contributed by atoms with E-state index in [1.54, 1.807) is 7.11 Å². The number of rotatable bonds is 6. The lowest BCUT2D eigenvalue weighted by Crippen LogP contribution is -2.63. The lowest BCUT2D eigenvalue weighted by molar-refractivity contribution is 0.0165. The molecule has 1 N–H and O–H groups in total. The molecule has 0 amide bonds. The van der Waals surface area contributed by atoms with Crippen LogP contribution >= 0.6 is 0 Å². The molecule has 1 saturated heterocycles. The minimum Gasteiger partial charge on any atom is -0.383 e. The van der Waals surface area contributed by atoms with Gasteiger partial charge in [-0.15, -0.1) is 0 Å². The van der Waals surface area contributed by atoms with Crippen LogP contribution in [0.2, 0.25) is 0 Å². The van der Waals surface area contributed by atoms with Gasteiger partial charge in [0, 0.05) is 32.8 Å². The molecule has 3 nitrogen and oxygen atoms in total. The Morgan fingerprint density at radius 3 is 2.71 bits per heavy atom. The van der Waals surface area contributed by atoms with E-state index in [0.29, 0.717) is 12.0 Å². The minimum atomic E-state index is 0.0454. The molecule has 1 fully saturated rings. The molecule has 3 heteroatoms. The summed E-state index contributed by atoms with van der Waals surface area (Å²) in [4.78, 5) is 2.60. The highest BCUT2D eigenvalue weighted by atomic mass is 16.5. The fourth-order valence-corrected chi connectivity index (χ4v) is 3.23. The van der Waals surface area contributed by atoms with Crippen molar-refractivity contribution in [1.82, 2.24) is 10.2 Å². The Balaban J connectivity index is 2.19. The van der Waals surface area contributed by atoms with Crippen molar-refractivity contribution in [2.24, 2.45) is 5.92 Å². The summed E-state index contributed by atoms with van der Waals surface area (Å²) < 4.78 is 5.33. The Kier molecular flexibility index (Phi) is 5.80. The van der Waals surface area contributed by atoms with Crippen molar-refractivity contribution < 1.29 is 4.74 Å². The molecule has 2 rings (SSSR count). The molecule has 1 aromatic rings. The van der Waals surface area contributed by atoms with Crippen LogP contribution in [0.25, 0.3) is 0 Å². The average Bonchev–Trinajstić information content (AvgIpc) is 2.54. The number of nitrogens with one attached hydrogen (secondary N) is 1. The fraction of sp³-hybridized carbons (Fsp3) is 0.667. The lowest BCUT2D eigenvalue weighted by Gasteiger charge is -2.49. The topological polar surface area (TPSA) is 24.5 Å². The van der Waals surface area contributed by atoms with Gasteiger partial charge in [-0.3, -0.25) is 4.90 Å². The summed E-state index contributed by atoms with van der Waals surface area (Å²) in [5, 5.41) is 3.78. The van der Waals surface area contributed by atoms with Crippen molar-refractivity contribution in [1.29, 1.82) is 0 Å². The monoisotopic (exact) mass is 290 g/mol. The zero-order chi connectivity index (χ0) is 15.3. The number of piperazine rings is 1. The molecule has 3 unspecified atom stereocenters. The first-order chi connectivity index (χ1) is 10.1. The van der Waals surface area contributed by atoms with Gasteiger partial charge in [-0.2, -0.15) is 0 Å². The maximum atomic E-state index is 5.33. The number of ether oxygens (including phenoxy) is 1. The molecule has 0 bridgehead atoms. The van der Waals surface area contributed by atoms with E-state index in [-0.39, 0.29) is 5.54 Å². The highest BCUT2D eigenvalue weighted by Crippen LogP contribution is 2.31. The van der Waals surface area contributed by atoms with Gasteiger partial charge in [-0.05, 0) is 18.4 Å². The Morgan fingerprint density at radius 2 is 2.10 bits per heavy atom. The molecule has 1 heterocycles. The van der Waals surface area contributed by atoms with Gasteiger partial charge in [0.05, 0.1) is 12.1 Å². The zero-order valence-electron chi connectivity index (χ0n) is 13.9. The van der Waals surface area contributed by atoms with Crippen LogP contribution in [0, 0.1) is 5.92 Å². The largest absolute Gasteiger partial charge is 0.383 e. The first kappa shape index (κ1) is 16.5. The molecule has 21 heavy (non-hydrogen) atoms. The van der Waals surface area contributed by atoms with Gasteiger partial charge in [-0.25, -0.2) is 0 Å². The van der Waals surface area contributed by atoms with Gasteiger partial charge in [0.25, 0.3) is 0 Å². The average molecular weight is 290 g/mol. The molecule has 0 aliphatic carbocycles. The van der Waals surface area contributed by atoms with E-state index < -0.39 is 0 Å². The van der Waals surface area contributed by atoms with E-state index in [2.05, 4.69) is 61.3 Å². The summed E-state index contributed by atoms with van der Waals surface area (Å²) in [5.74, 6) is 0.704. The minimum absolute atomic E-state index is 0.0454. The maximum absolute atomic E-state index is 5.33. The number of hydrogen-bond donors (Lipinski definition) is 1. The van der Waals surface area contributed by atoms with Crippen LogP contribution in [0.15, 0.2) is 30.3 Å². The Morgan fingerprint density at radius 1 is 1.38 bits per heavy atom. The van der Waals surface area contributed by atoms with Gasteiger partial charge in [0.1, 0.15) is 0 Å². The second-order valence-corrected chi connectivity index (χ2v) is 6.45. The predicted molar refractivity (Wildman–Crippen MR) is 88.5 cm³/mol. The van der Waals surface area contributed by atoms with Crippen molar-refractivity contribution in [2.75, 3.05) is 33.4 Å². The summed E-state index contributed by atoms with van der Waals surface area (Å²) >= 11 is 0.